The summed E-state index contributed by atoms with van der Waals surface area (Å²) in [6.07, 6.45) is 3.56. The fraction of sp³-hybridized carbons (Fsp3) is 0. The minimum absolute atomic E-state index is 0.286. The lowest BCUT2D eigenvalue weighted by atomic mass is 10.1. The van der Waals surface area contributed by atoms with Gasteiger partial charge in [0.2, 0.25) is 0 Å². The summed E-state index contributed by atoms with van der Waals surface area (Å²) in [5, 5.41) is 13.1. The lowest BCUT2D eigenvalue weighted by Crippen LogP contribution is -1.85. The lowest BCUT2D eigenvalue weighted by Gasteiger charge is -2.01. The Kier molecular flexibility index (Phi) is 4.26. The Bertz CT molecular complexity index is 1150. The van der Waals surface area contributed by atoms with E-state index in [9.17, 15) is 9.65 Å². The minimum atomic E-state index is -0.286. The van der Waals surface area contributed by atoms with Gasteiger partial charge >= 0.3 is 0 Å². The average molecular weight is 357 g/mol. The number of fused-ring (bicyclic) bond motifs is 1. The van der Waals surface area contributed by atoms with Gasteiger partial charge in [-0.3, -0.25) is 4.98 Å². The molecule has 2 aromatic heterocycles. The van der Waals surface area contributed by atoms with Crippen LogP contribution >= 0.6 is 11.3 Å². The van der Waals surface area contributed by atoms with E-state index in [2.05, 4.69) is 16.0 Å². The summed E-state index contributed by atoms with van der Waals surface area (Å²) in [5.74, 6) is -0.286. The Hall–Kier alpha value is -3.36. The third kappa shape index (κ3) is 3.10. The molecule has 0 aliphatic heterocycles. The van der Waals surface area contributed by atoms with Crippen molar-refractivity contribution in [1.82, 2.24) is 9.97 Å². The first-order valence-electron chi connectivity index (χ1n) is 7.92. The van der Waals surface area contributed by atoms with Gasteiger partial charge in [-0.05, 0) is 48.0 Å². The summed E-state index contributed by atoms with van der Waals surface area (Å²) in [7, 11) is 0. The van der Waals surface area contributed by atoms with Crippen LogP contribution in [-0.2, 0) is 0 Å². The third-order valence-corrected chi connectivity index (χ3v) is 4.85. The summed E-state index contributed by atoms with van der Waals surface area (Å²) >= 11 is 1.39. The molecule has 2 heterocycles. The van der Waals surface area contributed by atoms with E-state index in [4.69, 9.17) is 0 Å². The van der Waals surface area contributed by atoms with Crippen LogP contribution in [0.1, 0.15) is 10.6 Å². The van der Waals surface area contributed by atoms with E-state index in [1.165, 1.54) is 23.5 Å². The minimum Gasteiger partial charge on any atom is -0.256 e. The maximum Gasteiger partial charge on any atom is 0.134 e. The first-order valence-corrected chi connectivity index (χ1v) is 8.80. The molecular weight excluding hydrogens is 345 g/mol. The first kappa shape index (κ1) is 16.1. The first-order chi connectivity index (χ1) is 12.7. The molecular formula is C21H12FN3S. The van der Waals surface area contributed by atoms with E-state index >= 15 is 0 Å². The maximum atomic E-state index is 13.1. The molecule has 0 fully saturated rings. The molecule has 0 radical (unpaired) electrons. The average Bonchev–Trinajstić information content (AvgIpc) is 3.16. The Morgan fingerprint density at radius 2 is 1.88 bits per heavy atom. The summed E-state index contributed by atoms with van der Waals surface area (Å²) in [6, 6.07) is 18.1. The van der Waals surface area contributed by atoms with Crippen LogP contribution in [-0.4, -0.2) is 9.97 Å². The highest BCUT2D eigenvalue weighted by Gasteiger charge is 2.10. The zero-order valence-corrected chi connectivity index (χ0v) is 14.4. The molecule has 3 nitrogen and oxygen atoms in total. The number of benzene rings is 2. The highest BCUT2D eigenvalue weighted by atomic mass is 32.1. The number of allylic oxidation sites excluding steroid dienone is 1. The number of thiazole rings is 1. The molecule has 26 heavy (non-hydrogen) atoms. The van der Waals surface area contributed by atoms with Gasteiger partial charge in [-0.15, -0.1) is 11.3 Å². The summed E-state index contributed by atoms with van der Waals surface area (Å²) in [5.41, 5.74) is 3.83. The molecule has 0 aliphatic carbocycles. The van der Waals surface area contributed by atoms with Gasteiger partial charge in [0.1, 0.15) is 16.9 Å². The monoisotopic (exact) mass is 357 g/mol. The molecule has 2 aromatic carbocycles. The highest BCUT2D eigenvalue weighted by Crippen LogP contribution is 2.28. The van der Waals surface area contributed by atoms with Crippen LogP contribution in [0.5, 0.6) is 0 Å². The molecule has 0 amide bonds. The van der Waals surface area contributed by atoms with Crippen molar-refractivity contribution in [3.05, 3.63) is 82.6 Å². The lowest BCUT2D eigenvalue weighted by molar-refractivity contribution is 0.628. The highest BCUT2D eigenvalue weighted by molar-refractivity contribution is 7.11. The molecule has 0 saturated heterocycles. The van der Waals surface area contributed by atoms with Gasteiger partial charge in [0.25, 0.3) is 0 Å². The van der Waals surface area contributed by atoms with Crippen LogP contribution in [0.15, 0.2) is 66.2 Å². The van der Waals surface area contributed by atoms with Gasteiger partial charge in [0.05, 0.1) is 16.8 Å². The summed E-state index contributed by atoms with van der Waals surface area (Å²) < 4.78 is 13.1. The van der Waals surface area contributed by atoms with Gasteiger partial charge in [-0.25, -0.2) is 9.37 Å². The van der Waals surface area contributed by atoms with Crippen molar-refractivity contribution >= 4 is 33.9 Å². The van der Waals surface area contributed by atoms with Crippen molar-refractivity contribution in [2.75, 3.05) is 0 Å². The zero-order valence-electron chi connectivity index (χ0n) is 13.6. The van der Waals surface area contributed by atoms with Crippen molar-refractivity contribution < 1.29 is 4.39 Å². The number of hydrogen-bond donors (Lipinski definition) is 0. The predicted octanol–water partition coefficient (Wildman–Crippen LogP) is 5.56. The molecule has 4 rings (SSSR count). The van der Waals surface area contributed by atoms with Gasteiger partial charge in [0.15, 0.2) is 0 Å². The molecule has 0 saturated carbocycles. The van der Waals surface area contributed by atoms with E-state index < -0.39 is 0 Å². The Morgan fingerprint density at radius 3 is 2.69 bits per heavy atom. The van der Waals surface area contributed by atoms with Crippen molar-refractivity contribution in [3.63, 3.8) is 0 Å². The normalized spacial score (nSPS) is 11.5. The van der Waals surface area contributed by atoms with E-state index in [0.29, 0.717) is 10.6 Å². The van der Waals surface area contributed by atoms with Crippen LogP contribution in [0.3, 0.4) is 0 Å². The third-order valence-electron chi connectivity index (χ3n) is 3.98. The van der Waals surface area contributed by atoms with Crippen LogP contribution < -0.4 is 0 Å². The molecule has 0 aliphatic rings. The fourth-order valence-electron chi connectivity index (χ4n) is 2.69. The number of nitrogens with zero attached hydrogens (tertiary/aromatic N) is 3. The molecule has 4 aromatic rings. The van der Waals surface area contributed by atoms with E-state index in [0.717, 1.165) is 27.7 Å². The number of rotatable bonds is 3. The number of hydrogen-bond acceptors (Lipinski definition) is 4. The van der Waals surface area contributed by atoms with E-state index in [1.807, 2.05) is 41.8 Å². The Labute approximate surface area is 153 Å². The number of pyridine rings is 1. The van der Waals surface area contributed by atoms with Crippen LogP contribution in [0.25, 0.3) is 33.8 Å². The van der Waals surface area contributed by atoms with Gasteiger partial charge in [-0.1, -0.05) is 18.2 Å². The molecule has 0 atom stereocenters. The Balaban J connectivity index is 1.75. The fourth-order valence-corrected chi connectivity index (χ4v) is 3.49. The Morgan fingerprint density at radius 1 is 1.08 bits per heavy atom. The van der Waals surface area contributed by atoms with Crippen LogP contribution in [0.4, 0.5) is 4.39 Å². The van der Waals surface area contributed by atoms with Crippen molar-refractivity contribution in [2.24, 2.45) is 0 Å². The molecule has 0 N–H and O–H groups in total. The number of para-hydroxylation sites is 1. The van der Waals surface area contributed by atoms with Crippen molar-refractivity contribution in [2.45, 2.75) is 0 Å². The van der Waals surface area contributed by atoms with Crippen LogP contribution in [0.2, 0.25) is 0 Å². The second kappa shape index (κ2) is 6.87. The number of halogens is 1. The molecule has 0 spiro atoms. The van der Waals surface area contributed by atoms with Crippen LogP contribution in [0, 0.1) is 17.1 Å². The molecule has 0 unspecified atom stereocenters. The molecule has 5 heteroatoms. The second-order valence-electron chi connectivity index (χ2n) is 5.63. The standard InChI is InChI=1S/C21H12FN3S/c22-17-7-5-14(6-8-17)20-13-26-21(25-20)16(12-23)11-15-9-10-24-19-4-2-1-3-18(15)19/h1-11,13H. The number of nitriles is 1. The predicted molar refractivity (Wildman–Crippen MR) is 103 cm³/mol. The summed E-state index contributed by atoms with van der Waals surface area (Å²) in [4.78, 5) is 8.89. The number of aromatic nitrogens is 2. The zero-order chi connectivity index (χ0) is 17.9. The van der Waals surface area contributed by atoms with E-state index in [1.54, 1.807) is 18.3 Å². The quantitative estimate of drug-likeness (QED) is 0.451. The second-order valence-corrected chi connectivity index (χ2v) is 6.49. The van der Waals surface area contributed by atoms with Crippen molar-refractivity contribution in [3.8, 4) is 17.3 Å². The molecule has 124 valence electrons. The smallest absolute Gasteiger partial charge is 0.134 e. The topological polar surface area (TPSA) is 49.6 Å². The van der Waals surface area contributed by atoms with E-state index in [-0.39, 0.29) is 5.82 Å². The molecule has 0 bridgehead atoms. The largest absolute Gasteiger partial charge is 0.256 e. The SMILES string of the molecule is N#CC(=Cc1ccnc2ccccc12)c1nc(-c2ccc(F)cc2)cs1. The van der Waals surface area contributed by atoms with Gasteiger partial charge < -0.3 is 0 Å². The van der Waals surface area contributed by atoms with Crippen molar-refractivity contribution in [1.29, 1.82) is 5.26 Å². The van der Waals surface area contributed by atoms with Gasteiger partial charge in [-0.2, -0.15) is 5.26 Å². The summed E-state index contributed by atoms with van der Waals surface area (Å²) in [6.45, 7) is 0. The van der Waals surface area contributed by atoms with Gasteiger partial charge in [0, 0.05) is 22.5 Å². The maximum absolute atomic E-state index is 13.1.